The summed E-state index contributed by atoms with van der Waals surface area (Å²) in [4.78, 5) is 36.5. The van der Waals surface area contributed by atoms with Gasteiger partial charge in [-0.15, -0.1) is 0 Å². The Morgan fingerprint density at radius 3 is 2.71 bits per heavy atom. The molecular weight excluding hydrogens is 536 g/mol. The van der Waals surface area contributed by atoms with Crippen molar-refractivity contribution in [2.24, 2.45) is 0 Å². The van der Waals surface area contributed by atoms with E-state index in [1.54, 1.807) is 0 Å². The molecule has 1 aromatic carbocycles. The van der Waals surface area contributed by atoms with Crippen molar-refractivity contribution < 1.29 is 14.3 Å². The minimum Gasteiger partial charge on any atom is -0.458 e. The predicted octanol–water partition coefficient (Wildman–Crippen LogP) is 5.02. The van der Waals surface area contributed by atoms with Crippen LogP contribution in [-0.2, 0) is 27.2 Å². The average molecular weight is 581 g/mol. The molecule has 0 saturated heterocycles. The van der Waals surface area contributed by atoms with Crippen molar-refractivity contribution in [3.8, 4) is 0 Å². The number of thiazole rings is 1. The molecule has 0 spiro atoms. The molecule has 1 atom stereocenters. The highest BCUT2D eigenvalue weighted by Gasteiger charge is 2.27. The van der Waals surface area contributed by atoms with E-state index < -0.39 is 11.6 Å². The third-order valence-electron chi connectivity index (χ3n) is 6.93. The summed E-state index contributed by atoms with van der Waals surface area (Å²) < 4.78 is 6.83. The van der Waals surface area contributed by atoms with Crippen molar-refractivity contribution in [1.82, 2.24) is 20.2 Å². The molecule has 0 saturated carbocycles. The minimum absolute atomic E-state index is 0.0406. The highest BCUT2D eigenvalue weighted by molar-refractivity contribution is 7.22. The molecule has 3 heterocycles. The van der Waals surface area contributed by atoms with E-state index in [0.717, 1.165) is 66.9 Å². The SMILES string of the molecule is CC(=O)NCCN(CCCCc1ccc2c(n1)NCCC2)CC[C@H](Nc1nc2ccccc2s1)C(=O)OC(C)(C)C. The summed E-state index contributed by atoms with van der Waals surface area (Å²) >= 11 is 1.53. The van der Waals surface area contributed by atoms with E-state index in [1.165, 1.54) is 23.8 Å². The quantitative estimate of drug-likeness (QED) is 0.180. The van der Waals surface area contributed by atoms with Gasteiger partial charge >= 0.3 is 5.97 Å². The lowest BCUT2D eigenvalue weighted by Gasteiger charge is -2.27. The van der Waals surface area contributed by atoms with E-state index in [4.69, 9.17) is 9.72 Å². The third-order valence-corrected chi connectivity index (χ3v) is 7.90. The molecule has 1 aliphatic heterocycles. The number of ether oxygens (including phenoxy) is 1. The van der Waals surface area contributed by atoms with Crippen molar-refractivity contribution in [3.05, 3.63) is 47.7 Å². The highest BCUT2D eigenvalue weighted by Crippen LogP contribution is 2.27. The van der Waals surface area contributed by atoms with Crippen molar-refractivity contribution >= 4 is 44.4 Å². The summed E-state index contributed by atoms with van der Waals surface area (Å²) in [5, 5.41) is 10.4. The number of hydrogen-bond acceptors (Lipinski definition) is 9. The standard InChI is InChI=1S/C31H44N6O3S/c1-22(38)32-18-21-37(19-8-7-11-24-15-14-23-10-9-17-33-28(23)34-24)20-16-26(29(39)40-31(2,3)4)36-30-35-25-12-5-6-13-27(25)41-30/h5-6,12-15,26H,7-11,16-21H2,1-4H3,(H,32,38)(H,33,34)(H,35,36)/t26-/m0/s1. The molecule has 3 aromatic rings. The van der Waals surface area contributed by atoms with Crippen LogP contribution in [0.4, 0.5) is 10.9 Å². The second-order valence-corrected chi connectivity index (χ2v) is 12.7. The molecule has 0 unspecified atom stereocenters. The summed E-state index contributed by atoms with van der Waals surface area (Å²) in [6.45, 7) is 11.0. The zero-order valence-electron chi connectivity index (χ0n) is 24.8. The number of esters is 1. The van der Waals surface area contributed by atoms with Crippen LogP contribution in [0.3, 0.4) is 0 Å². The van der Waals surface area contributed by atoms with Gasteiger partial charge in [-0.1, -0.05) is 29.5 Å². The van der Waals surface area contributed by atoms with E-state index in [1.807, 2.05) is 45.0 Å². The second kappa shape index (κ2) is 14.6. The van der Waals surface area contributed by atoms with Gasteiger partial charge in [0.1, 0.15) is 17.5 Å². The van der Waals surface area contributed by atoms with Crippen LogP contribution >= 0.6 is 11.3 Å². The van der Waals surface area contributed by atoms with Crippen LogP contribution in [0.5, 0.6) is 0 Å². The molecule has 3 N–H and O–H groups in total. The first-order valence-corrected chi connectivity index (χ1v) is 15.5. The van der Waals surface area contributed by atoms with Crippen molar-refractivity contribution in [2.45, 2.75) is 77.9 Å². The number of carbonyl (C=O) groups is 2. The molecule has 222 valence electrons. The molecular formula is C31H44N6O3S. The number of anilines is 2. The van der Waals surface area contributed by atoms with Gasteiger partial charge in [-0.2, -0.15) is 0 Å². The number of fused-ring (bicyclic) bond motifs is 2. The summed E-state index contributed by atoms with van der Waals surface area (Å²) in [5.41, 5.74) is 2.75. The van der Waals surface area contributed by atoms with Crippen molar-refractivity contribution in [1.29, 1.82) is 0 Å². The van der Waals surface area contributed by atoms with Gasteiger partial charge in [0, 0.05) is 38.8 Å². The molecule has 0 bridgehead atoms. The van der Waals surface area contributed by atoms with Crippen LogP contribution in [-0.4, -0.2) is 71.1 Å². The Morgan fingerprint density at radius 1 is 1.10 bits per heavy atom. The Bertz CT molecular complexity index is 1270. The molecule has 0 aliphatic carbocycles. The number of aromatic nitrogens is 2. The fourth-order valence-electron chi connectivity index (χ4n) is 4.89. The molecule has 41 heavy (non-hydrogen) atoms. The number of aryl methyl sites for hydroxylation is 2. The summed E-state index contributed by atoms with van der Waals surface area (Å²) in [6, 6.07) is 11.8. The zero-order valence-corrected chi connectivity index (χ0v) is 25.6. The Hall–Kier alpha value is -3.24. The maximum atomic E-state index is 13.2. The molecule has 1 aliphatic rings. The molecule has 10 heteroatoms. The first-order chi connectivity index (χ1) is 19.7. The van der Waals surface area contributed by atoms with Gasteiger partial charge in [-0.05, 0) is 89.6 Å². The third kappa shape index (κ3) is 9.97. The zero-order chi connectivity index (χ0) is 29.2. The lowest BCUT2D eigenvalue weighted by atomic mass is 10.1. The topological polar surface area (TPSA) is 108 Å². The van der Waals surface area contributed by atoms with E-state index in [-0.39, 0.29) is 11.9 Å². The predicted molar refractivity (Wildman–Crippen MR) is 167 cm³/mol. The van der Waals surface area contributed by atoms with Crippen molar-refractivity contribution in [3.63, 3.8) is 0 Å². The van der Waals surface area contributed by atoms with Crippen LogP contribution in [0.15, 0.2) is 36.4 Å². The van der Waals surface area contributed by atoms with Crippen LogP contribution in [0.1, 0.15) is 64.6 Å². The number of para-hydroxylation sites is 1. The Balaban J connectivity index is 1.36. The van der Waals surface area contributed by atoms with Crippen LogP contribution in [0.25, 0.3) is 10.2 Å². The van der Waals surface area contributed by atoms with Gasteiger partial charge in [0.25, 0.3) is 0 Å². The number of carbonyl (C=O) groups excluding carboxylic acids is 2. The second-order valence-electron chi connectivity index (χ2n) is 11.6. The molecule has 9 nitrogen and oxygen atoms in total. The van der Waals surface area contributed by atoms with Crippen LogP contribution < -0.4 is 16.0 Å². The maximum Gasteiger partial charge on any atom is 0.329 e. The number of nitrogens with zero attached hydrogens (tertiary/aromatic N) is 3. The lowest BCUT2D eigenvalue weighted by molar-refractivity contribution is -0.156. The molecule has 1 amide bonds. The number of pyridine rings is 1. The van der Waals surface area contributed by atoms with E-state index in [9.17, 15) is 9.59 Å². The van der Waals surface area contributed by atoms with Crippen LogP contribution in [0.2, 0.25) is 0 Å². The van der Waals surface area contributed by atoms with E-state index in [0.29, 0.717) is 31.2 Å². The van der Waals surface area contributed by atoms with Gasteiger partial charge in [0.2, 0.25) is 5.91 Å². The van der Waals surface area contributed by atoms with Crippen molar-refractivity contribution in [2.75, 3.05) is 43.4 Å². The molecule has 0 radical (unpaired) electrons. The monoisotopic (exact) mass is 580 g/mol. The van der Waals surface area contributed by atoms with E-state index >= 15 is 0 Å². The van der Waals surface area contributed by atoms with Gasteiger partial charge in [-0.3, -0.25) is 4.79 Å². The van der Waals surface area contributed by atoms with Crippen LogP contribution in [0, 0.1) is 0 Å². The number of unbranched alkanes of at least 4 members (excludes halogenated alkanes) is 1. The van der Waals surface area contributed by atoms with Gasteiger partial charge < -0.3 is 25.6 Å². The largest absolute Gasteiger partial charge is 0.458 e. The molecule has 0 fully saturated rings. The maximum absolute atomic E-state index is 13.2. The number of hydrogen-bond donors (Lipinski definition) is 3. The summed E-state index contributed by atoms with van der Waals surface area (Å²) in [7, 11) is 0. The fraction of sp³-hybridized carbons (Fsp3) is 0.548. The summed E-state index contributed by atoms with van der Waals surface area (Å²) in [5.74, 6) is 0.714. The first kappa shape index (κ1) is 30.7. The summed E-state index contributed by atoms with van der Waals surface area (Å²) in [6.07, 6.45) is 5.75. The fourth-order valence-corrected chi connectivity index (χ4v) is 5.81. The average Bonchev–Trinajstić information content (AvgIpc) is 3.34. The lowest BCUT2D eigenvalue weighted by Crippen LogP contribution is -2.41. The number of benzene rings is 1. The van der Waals surface area contributed by atoms with Gasteiger partial charge in [0.15, 0.2) is 5.13 Å². The Labute approximate surface area is 247 Å². The van der Waals surface area contributed by atoms with Gasteiger partial charge in [0.05, 0.1) is 10.2 Å². The number of nitrogens with one attached hydrogen (secondary N) is 3. The Morgan fingerprint density at radius 2 is 1.93 bits per heavy atom. The number of amides is 1. The molecule has 4 rings (SSSR count). The Kier molecular flexibility index (Phi) is 10.9. The number of rotatable bonds is 14. The smallest absolute Gasteiger partial charge is 0.329 e. The molecule has 2 aromatic heterocycles. The minimum atomic E-state index is -0.587. The van der Waals surface area contributed by atoms with Gasteiger partial charge in [-0.25, -0.2) is 14.8 Å². The first-order valence-electron chi connectivity index (χ1n) is 14.7. The van der Waals surface area contributed by atoms with E-state index in [2.05, 4.69) is 38.0 Å². The normalized spacial score (nSPS) is 13.9. The highest BCUT2D eigenvalue weighted by atomic mass is 32.1.